The average molecular weight is 634 g/mol. The van der Waals surface area contributed by atoms with E-state index in [4.69, 9.17) is 19.1 Å². The summed E-state index contributed by atoms with van der Waals surface area (Å²) in [5.74, 6) is 4.44. The number of carbonyl (C=O) groups excluding carboxylic acids is 1. The molecule has 0 radical (unpaired) electrons. The molecule has 44 heavy (non-hydrogen) atoms. The van der Waals surface area contributed by atoms with E-state index in [1.807, 2.05) is 6.92 Å². The molecule has 1 saturated heterocycles. The molecule has 0 unspecified atom stereocenters. The van der Waals surface area contributed by atoms with Crippen LogP contribution in [0.5, 0.6) is 0 Å². The van der Waals surface area contributed by atoms with Gasteiger partial charge in [-0.05, 0) is 47.7 Å². The van der Waals surface area contributed by atoms with Gasteiger partial charge in [-0.3, -0.25) is 19.1 Å². The van der Waals surface area contributed by atoms with Crippen LogP contribution in [0.3, 0.4) is 0 Å². The SMILES string of the molecule is CC[C@H](C)[C@H](N)C(=O)NS(=O)(=O)OC[C@H]1O[C@@H](CCn2nnc(-c3ccc(C#Cc4ccc([N+](=O)[O-])o4)cc3)n2)[C@H](O)[C@@H]1O. The molecule has 17 nitrogen and oxygen atoms in total. The van der Waals surface area contributed by atoms with Crippen LogP contribution in [-0.4, -0.2) is 86.7 Å². The van der Waals surface area contributed by atoms with Gasteiger partial charge in [-0.15, -0.1) is 10.2 Å². The summed E-state index contributed by atoms with van der Waals surface area (Å²) >= 11 is 0. The number of nitrogens with zero attached hydrogens (tertiary/aromatic N) is 5. The summed E-state index contributed by atoms with van der Waals surface area (Å²) in [6.07, 6.45) is -4.15. The van der Waals surface area contributed by atoms with Crippen molar-refractivity contribution in [3.63, 3.8) is 0 Å². The average Bonchev–Trinajstić information content (AvgIpc) is 3.74. The quantitative estimate of drug-likeness (QED) is 0.115. The number of nitrogens with two attached hydrogens (primary N) is 1. The molecule has 0 saturated carbocycles. The van der Waals surface area contributed by atoms with Gasteiger partial charge >= 0.3 is 16.2 Å². The van der Waals surface area contributed by atoms with Crippen molar-refractivity contribution in [2.45, 2.75) is 63.7 Å². The molecule has 3 aromatic rings. The first-order valence-corrected chi connectivity index (χ1v) is 14.9. The van der Waals surface area contributed by atoms with Gasteiger partial charge in [0.1, 0.15) is 23.2 Å². The number of nitrogens with one attached hydrogen (secondary N) is 1. The van der Waals surface area contributed by atoms with Crippen molar-refractivity contribution in [1.82, 2.24) is 24.9 Å². The predicted octanol–water partition coefficient (Wildman–Crippen LogP) is -0.129. The van der Waals surface area contributed by atoms with E-state index in [-0.39, 0.29) is 24.6 Å². The van der Waals surface area contributed by atoms with Crippen molar-refractivity contribution in [3.8, 4) is 23.2 Å². The third-order valence-corrected chi connectivity index (χ3v) is 7.84. The molecule has 1 fully saturated rings. The zero-order valence-electron chi connectivity index (χ0n) is 23.6. The maximum atomic E-state index is 12.2. The van der Waals surface area contributed by atoms with Gasteiger partial charge in [0.25, 0.3) is 5.91 Å². The van der Waals surface area contributed by atoms with E-state index in [9.17, 15) is 33.5 Å². The molecule has 1 aliphatic heterocycles. The summed E-state index contributed by atoms with van der Waals surface area (Å²) in [4.78, 5) is 23.4. The maximum Gasteiger partial charge on any atom is 0.434 e. The van der Waals surface area contributed by atoms with E-state index >= 15 is 0 Å². The van der Waals surface area contributed by atoms with E-state index in [0.717, 1.165) is 0 Å². The zero-order valence-corrected chi connectivity index (χ0v) is 24.5. The van der Waals surface area contributed by atoms with Crippen LogP contribution in [0.2, 0.25) is 0 Å². The van der Waals surface area contributed by atoms with Gasteiger partial charge in [0.05, 0.1) is 31.4 Å². The number of ether oxygens (including phenoxy) is 1. The third kappa shape index (κ3) is 8.22. The van der Waals surface area contributed by atoms with Crippen LogP contribution in [0.25, 0.3) is 11.4 Å². The van der Waals surface area contributed by atoms with Crippen molar-refractivity contribution in [3.05, 3.63) is 57.8 Å². The second kappa shape index (κ2) is 14.0. The highest BCUT2D eigenvalue weighted by molar-refractivity contribution is 7.85. The molecule has 1 amide bonds. The first-order chi connectivity index (χ1) is 20.9. The Balaban J connectivity index is 1.27. The van der Waals surface area contributed by atoms with Crippen LogP contribution in [0.15, 0.2) is 40.8 Å². The van der Waals surface area contributed by atoms with E-state index in [2.05, 4.69) is 27.3 Å². The zero-order chi connectivity index (χ0) is 32.0. The van der Waals surface area contributed by atoms with Crippen molar-refractivity contribution in [2.75, 3.05) is 6.61 Å². The first kappa shape index (κ1) is 32.7. The van der Waals surface area contributed by atoms with E-state index < -0.39 is 64.1 Å². The van der Waals surface area contributed by atoms with Crippen molar-refractivity contribution < 1.29 is 41.7 Å². The van der Waals surface area contributed by atoms with Crippen molar-refractivity contribution in [2.24, 2.45) is 11.7 Å². The lowest BCUT2D eigenvalue weighted by Crippen LogP contribution is -2.47. The summed E-state index contributed by atoms with van der Waals surface area (Å²) in [5, 5.41) is 43.8. The van der Waals surface area contributed by atoms with Gasteiger partial charge in [0.15, 0.2) is 5.76 Å². The smallest absolute Gasteiger partial charge is 0.392 e. The number of hydrogen-bond donors (Lipinski definition) is 4. The molecule has 0 bridgehead atoms. The molecule has 4 rings (SSSR count). The number of aromatic nitrogens is 4. The van der Waals surface area contributed by atoms with E-state index in [0.29, 0.717) is 23.4 Å². The number of furan rings is 1. The van der Waals surface area contributed by atoms with Gasteiger partial charge in [-0.1, -0.05) is 26.2 Å². The summed E-state index contributed by atoms with van der Waals surface area (Å²) < 4.78 is 41.5. The van der Waals surface area contributed by atoms with Crippen LogP contribution in [0.4, 0.5) is 5.88 Å². The summed E-state index contributed by atoms with van der Waals surface area (Å²) in [7, 11) is -4.53. The lowest BCUT2D eigenvalue weighted by atomic mass is 10.00. The fraction of sp³-hybridized carbons (Fsp3) is 0.462. The molecule has 1 aliphatic rings. The number of aliphatic hydroxyl groups excluding tert-OH is 2. The van der Waals surface area contributed by atoms with Crippen LogP contribution in [0, 0.1) is 27.9 Å². The fourth-order valence-electron chi connectivity index (χ4n) is 4.12. The van der Waals surface area contributed by atoms with Crippen molar-refractivity contribution >= 4 is 22.1 Å². The fourth-order valence-corrected chi connectivity index (χ4v) is 4.87. The Morgan fingerprint density at radius 3 is 2.57 bits per heavy atom. The minimum absolute atomic E-state index is 0.149. The molecule has 1 aromatic carbocycles. The van der Waals surface area contributed by atoms with E-state index in [1.54, 1.807) is 35.9 Å². The molecule has 6 atom stereocenters. The summed E-state index contributed by atoms with van der Waals surface area (Å²) in [6.45, 7) is 3.01. The number of nitro groups is 1. The van der Waals surface area contributed by atoms with E-state index in [1.165, 1.54) is 16.9 Å². The minimum Gasteiger partial charge on any atom is -0.392 e. The van der Waals surface area contributed by atoms with Crippen molar-refractivity contribution in [1.29, 1.82) is 0 Å². The number of carbonyl (C=O) groups is 1. The highest BCUT2D eigenvalue weighted by atomic mass is 32.2. The number of amides is 1. The highest BCUT2D eigenvalue weighted by Gasteiger charge is 2.43. The summed E-state index contributed by atoms with van der Waals surface area (Å²) in [6, 6.07) is 8.43. The molecule has 0 spiro atoms. The molecular weight excluding hydrogens is 602 g/mol. The Kier molecular flexibility index (Phi) is 10.4. The Morgan fingerprint density at radius 1 is 1.20 bits per heavy atom. The standard InChI is InChI=1S/C26H31N7O10S/c1-3-15(2)22(27)26(36)30-44(39,40)41-14-20-24(35)23(34)19(43-20)12-13-32-29-25(28-31-32)17-7-4-16(5-8-17)6-9-18-10-11-21(42-18)33(37)38/h4-5,7-8,10-11,15,19-20,22-24,34-35H,3,12-14,27H2,1-2H3,(H,30,36)/t15-,19-,20+,22-,23-,24+/m0/s1. The van der Waals surface area contributed by atoms with Crippen LogP contribution in [0.1, 0.15) is 38.0 Å². The predicted molar refractivity (Wildman–Crippen MR) is 150 cm³/mol. The number of hydrogen-bond acceptors (Lipinski definition) is 14. The Hall–Kier alpha value is -4.25. The highest BCUT2D eigenvalue weighted by Crippen LogP contribution is 2.25. The Bertz CT molecular complexity index is 1630. The second-order valence-corrected chi connectivity index (χ2v) is 11.4. The molecule has 0 aliphatic carbocycles. The number of aryl methyl sites for hydroxylation is 1. The molecule has 5 N–H and O–H groups in total. The van der Waals surface area contributed by atoms with Crippen LogP contribution >= 0.6 is 0 Å². The van der Waals surface area contributed by atoms with Crippen LogP contribution in [-0.2, 0) is 30.6 Å². The summed E-state index contributed by atoms with van der Waals surface area (Å²) in [5.41, 5.74) is 7.00. The lowest BCUT2D eigenvalue weighted by Gasteiger charge is -2.18. The van der Waals surface area contributed by atoms with Crippen LogP contribution < -0.4 is 10.5 Å². The monoisotopic (exact) mass is 633 g/mol. The maximum absolute atomic E-state index is 12.2. The lowest BCUT2D eigenvalue weighted by molar-refractivity contribution is -0.402. The number of aliphatic hydroxyl groups is 2. The number of tetrazole rings is 1. The Labute approximate surface area is 251 Å². The largest absolute Gasteiger partial charge is 0.434 e. The van der Waals surface area contributed by atoms with Gasteiger partial charge < -0.3 is 25.1 Å². The normalized spacial score (nSPS) is 21.3. The molecule has 3 heterocycles. The number of rotatable bonds is 12. The topological polar surface area (TPSA) is 248 Å². The first-order valence-electron chi connectivity index (χ1n) is 13.5. The molecule has 236 valence electrons. The third-order valence-electron chi connectivity index (χ3n) is 6.95. The number of benzene rings is 1. The Morgan fingerprint density at radius 2 is 1.91 bits per heavy atom. The second-order valence-electron chi connectivity index (χ2n) is 10.0. The van der Waals surface area contributed by atoms with Gasteiger partial charge in [0.2, 0.25) is 5.82 Å². The molecular formula is C26H31N7O10S. The molecule has 2 aromatic heterocycles. The van der Waals surface area contributed by atoms with Gasteiger partial charge in [0, 0.05) is 17.2 Å². The minimum atomic E-state index is -4.53. The van der Waals surface area contributed by atoms with Gasteiger partial charge in [-0.2, -0.15) is 13.2 Å². The van der Waals surface area contributed by atoms with Gasteiger partial charge in [-0.25, -0.2) is 4.72 Å². The molecule has 18 heteroatoms.